The highest BCUT2D eigenvalue weighted by Crippen LogP contribution is 2.22. The van der Waals surface area contributed by atoms with Crippen LogP contribution in [0, 0.1) is 10.1 Å². The molecule has 0 spiro atoms. The van der Waals surface area contributed by atoms with Crippen LogP contribution in [0.25, 0.3) is 0 Å². The SMILES string of the molecule is CC(C)(C)OC(=O)N[C@@H](CCF)CNS(=O)(=O)c1ccccc1[N+](=O)[O-]. The quantitative estimate of drug-likeness (QED) is 0.516. The van der Waals surface area contributed by atoms with E-state index in [9.17, 15) is 27.7 Å². The molecule has 1 aromatic rings. The molecule has 0 radical (unpaired) electrons. The van der Waals surface area contributed by atoms with Crippen molar-refractivity contribution in [2.45, 2.75) is 43.7 Å². The number of benzene rings is 1. The number of carbonyl (C=O) groups is 1. The van der Waals surface area contributed by atoms with E-state index in [1.807, 2.05) is 0 Å². The zero-order chi connectivity index (χ0) is 20.0. The van der Waals surface area contributed by atoms with E-state index in [0.717, 1.165) is 12.1 Å². The maximum atomic E-state index is 12.7. The Bertz CT molecular complexity index is 748. The summed E-state index contributed by atoms with van der Waals surface area (Å²) in [6.07, 6.45) is -0.973. The van der Waals surface area contributed by atoms with Crippen LogP contribution < -0.4 is 10.0 Å². The van der Waals surface area contributed by atoms with Crippen molar-refractivity contribution in [1.29, 1.82) is 0 Å². The minimum absolute atomic E-state index is 0.154. The van der Waals surface area contributed by atoms with E-state index in [1.54, 1.807) is 20.8 Å². The maximum absolute atomic E-state index is 12.7. The highest BCUT2D eigenvalue weighted by molar-refractivity contribution is 7.89. The molecule has 0 saturated carbocycles. The monoisotopic (exact) mass is 391 g/mol. The maximum Gasteiger partial charge on any atom is 0.407 e. The van der Waals surface area contributed by atoms with Crippen molar-refractivity contribution in [3.63, 3.8) is 0 Å². The molecule has 1 aromatic carbocycles. The molecule has 1 amide bonds. The highest BCUT2D eigenvalue weighted by Gasteiger charge is 2.26. The van der Waals surface area contributed by atoms with Gasteiger partial charge in [0.2, 0.25) is 10.0 Å². The van der Waals surface area contributed by atoms with Gasteiger partial charge in [-0.1, -0.05) is 12.1 Å². The van der Waals surface area contributed by atoms with E-state index in [2.05, 4.69) is 10.0 Å². The van der Waals surface area contributed by atoms with E-state index >= 15 is 0 Å². The lowest BCUT2D eigenvalue weighted by Crippen LogP contribution is -2.45. The number of hydrogen-bond donors (Lipinski definition) is 2. The number of nitrogens with zero attached hydrogens (tertiary/aromatic N) is 1. The number of hydrogen-bond acceptors (Lipinski definition) is 6. The normalized spacial score (nSPS) is 13.1. The first-order chi connectivity index (χ1) is 12.0. The summed E-state index contributed by atoms with van der Waals surface area (Å²) in [6, 6.07) is 3.96. The smallest absolute Gasteiger partial charge is 0.407 e. The average Bonchev–Trinajstić information content (AvgIpc) is 2.51. The molecule has 0 fully saturated rings. The number of amides is 1. The molecule has 0 heterocycles. The largest absolute Gasteiger partial charge is 0.444 e. The van der Waals surface area contributed by atoms with Crippen molar-refractivity contribution in [3.8, 4) is 0 Å². The van der Waals surface area contributed by atoms with Crippen LogP contribution in [0.4, 0.5) is 14.9 Å². The van der Waals surface area contributed by atoms with Crippen LogP contribution in [0.1, 0.15) is 27.2 Å². The predicted octanol–water partition coefficient (Wildman–Crippen LogP) is 2.13. The number of nitrogens with one attached hydrogen (secondary N) is 2. The van der Waals surface area contributed by atoms with Gasteiger partial charge in [0.1, 0.15) is 5.60 Å². The molecule has 0 saturated heterocycles. The lowest BCUT2D eigenvalue weighted by atomic mass is 10.2. The number of alkyl carbamates (subject to hydrolysis) is 1. The van der Waals surface area contributed by atoms with Crippen LogP contribution >= 0.6 is 0 Å². The number of rotatable bonds is 8. The Morgan fingerprint density at radius 1 is 1.35 bits per heavy atom. The van der Waals surface area contributed by atoms with Gasteiger partial charge in [-0.25, -0.2) is 17.9 Å². The van der Waals surface area contributed by atoms with Crippen LogP contribution in [0.3, 0.4) is 0 Å². The van der Waals surface area contributed by atoms with Gasteiger partial charge in [0, 0.05) is 18.7 Å². The van der Waals surface area contributed by atoms with Crippen LogP contribution in [-0.2, 0) is 14.8 Å². The molecular formula is C15H22FN3O6S. The third-order valence-corrected chi connectivity index (χ3v) is 4.52. The van der Waals surface area contributed by atoms with Gasteiger partial charge in [0.15, 0.2) is 4.90 Å². The molecule has 146 valence electrons. The zero-order valence-corrected chi connectivity index (χ0v) is 15.5. The minimum Gasteiger partial charge on any atom is -0.444 e. The van der Waals surface area contributed by atoms with Crippen molar-refractivity contribution in [1.82, 2.24) is 10.0 Å². The third-order valence-electron chi connectivity index (χ3n) is 3.05. The first kappa shape index (κ1) is 21.8. The minimum atomic E-state index is -4.23. The van der Waals surface area contributed by atoms with Crippen LogP contribution in [0.5, 0.6) is 0 Å². The van der Waals surface area contributed by atoms with Crippen molar-refractivity contribution < 1.29 is 27.3 Å². The lowest BCUT2D eigenvalue weighted by molar-refractivity contribution is -0.387. The van der Waals surface area contributed by atoms with Gasteiger partial charge >= 0.3 is 6.09 Å². The average molecular weight is 391 g/mol. The summed E-state index contributed by atoms with van der Waals surface area (Å²) in [5.74, 6) is 0. The molecule has 2 N–H and O–H groups in total. The van der Waals surface area contributed by atoms with Gasteiger partial charge in [-0.05, 0) is 33.3 Å². The fourth-order valence-electron chi connectivity index (χ4n) is 1.95. The number of halogens is 1. The van der Waals surface area contributed by atoms with E-state index in [1.165, 1.54) is 12.1 Å². The van der Waals surface area contributed by atoms with Gasteiger partial charge < -0.3 is 10.1 Å². The van der Waals surface area contributed by atoms with Crippen molar-refractivity contribution in [2.24, 2.45) is 0 Å². The number of para-hydroxylation sites is 1. The topological polar surface area (TPSA) is 128 Å². The summed E-state index contributed by atoms with van der Waals surface area (Å²) in [5, 5.41) is 13.4. The number of ether oxygens (including phenoxy) is 1. The number of alkyl halides is 1. The first-order valence-corrected chi connectivity index (χ1v) is 9.23. The Morgan fingerprint density at radius 3 is 2.50 bits per heavy atom. The van der Waals surface area contributed by atoms with Gasteiger partial charge in [-0.3, -0.25) is 14.5 Å². The number of sulfonamides is 1. The Morgan fingerprint density at radius 2 is 1.96 bits per heavy atom. The summed E-state index contributed by atoms with van der Waals surface area (Å²) in [4.78, 5) is 21.4. The van der Waals surface area contributed by atoms with Crippen molar-refractivity contribution in [3.05, 3.63) is 34.4 Å². The fourth-order valence-corrected chi connectivity index (χ4v) is 3.21. The summed E-state index contributed by atoms with van der Waals surface area (Å²) < 4.78 is 44.5. The van der Waals surface area contributed by atoms with Crippen molar-refractivity contribution >= 4 is 21.8 Å². The zero-order valence-electron chi connectivity index (χ0n) is 14.7. The standard InChI is InChI=1S/C15H22FN3O6S/c1-15(2,3)25-14(20)18-11(8-9-16)10-17-26(23,24)13-7-5-4-6-12(13)19(21)22/h4-7,11,17H,8-10H2,1-3H3,(H,18,20)/t11-/m0/s1. The molecule has 0 unspecified atom stereocenters. The van der Waals surface area contributed by atoms with Crippen LogP contribution in [0.15, 0.2) is 29.2 Å². The second-order valence-electron chi connectivity index (χ2n) is 6.40. The van der Waals surface area contributed by atoms with Crippen LogP contribution in [-0.4, -0.2) is 44.3 Å². The van der Waals surface area contributed by atoms with Crippen molar-refractivity contribution in [2.75, 3.05) is 13.2 Å². The molecular weight excluding hydrogens is 369 g/mol. The third kappa shape index (κ3) is 6.92. The van der Waals surface area contributed by atoms with Crippen LogP contribution in [0.2, 0.25) is 0 Å². The summed E-state index contributed by atoms with van der Waals surface area (Å²) in [7, 11) is -4.23. The lowest BCUT2D eigenvalue weighted by Gasteiger charge is -2.23. The molecule has 0 aromatic heterocycles. The van der Waals surface area contributed by atoms with Gasteiger partial charge in [-0.2, -0.15) is 0 Å². The first-order valence-electron chi connectivity index (χ1n) is 7.75. The van der Waals surface area contributed by atoms with E-state index in [0.29, 0.717) is 0 Å². The summed E-state index contributed by atoms with van der Waals surface area (Å²) >= 11 is 0. The number of nitro groups is 1. The number of carbonyl (C=O) groups excluding carboxylic acids is 1. The van der Waals surface area contributed by atoms with Gasteiger partial charge in [-0.15, -0.1) is 0 Å². The predicted molar refractivity (Wildman–Crippen MR) is 92.0 cm³/mol. The van der Waals surface area contributed by atoms with Gasteiger partial charge in [0.25, 0.3) is 5.69 Å². The van der Waals surface area contributed by atoms with Gasteiger partial charge in [0.05, 0.1) is 11.6 Å². The summed E-state index contributed by atoms with van der Waals surface area (Å²) in [5.41, 5.74) is -1.35. The highest BCUT2D eigenvalue weighted by atomic mass is 32.2. The molecule has 1 rings (SSSR count). The molecule has 0 aliphatic carbocycles. The Balaban J connectivity index is 2.85. The fraction of sp³-hybridized carbons (Fsp3) is 0.533. The molecule has 0 bridgehead atoms. The Hall–Kier alpha value is -2.27. The van der Waals surface area contributed by atoms with E-state index in [4.69, 9.17) is 4.74 Å². The van der Waals surface area contributed by atoms with E-state index in [-0.39, 0.29) is 13.0 Å². The molecule has 9 nitrogen and oxygen atoms in total. The Kier molecular flexibility index (Phi) is 7.45. The molecule has 11 heteroatoms. The Labute approximate surface area is 151 Å². The molecule has 26 heavy (non-hydrogen) atoms. The second-order valence-corrected chi connectivity index (χ2v) is 8.13. The number of nitro benzene ring substituents is 1. The molecule has 0 aliphatic heterocycles. The molecule has 0 aliphatic rings. The second kappa shape index (κ2) is 8.90. The van der Waals surface area contributed by atoms with E-state index < -0.39 is 49.9 Å². The summed E-state index contributed by atoms with van der Waals surface area (Å²) in [6.45, 7) is 3.79. The molecule has 1 atom stereocenters.